The van der Waals surface area contributed by atoms with Crippen LogP contribution in [-0.4, -0.2) is 39.7 Å². The van der Waals surface area contributed by atoms with E-state index in [-0.39, 0.29) is 23.2 Å². The molecule has 1 saturated carbocycles. The number of carboxylic acids is 2. The van der Waals surface area contributed by atoms with Crippen molar-refractivity contribution in [3.63, 3.8) is 0 Å². The lowest BCUT2D eigenvalue weighted by Gasteiger charge is -2.39. The molecule has 2 aromatic carbocycles. The van der Waals surface area contributed by atoms with Gasteiger partial charge in [-0.05, 0) is 62.4 Å². The fourth-order valence-corrected chi connectivity index (χ4v) is 5.52. The quantitative estimate of drug-likeness (QED) is 0.520. The first-order valence-corrected chi connectivity index (χ1v) is 12.2. The molecule has 0 amide bonds. The molecule has 2 aromatic rings. The summed E-state index contributed by atoms with van der Waals surface area (Å²) in [5, 5.41) is 29.9. The Balaban J connectivity index is 1.79. The molecule has 1 atom stereocenters. The zero-order valence-electron chi connectivity index (χ0n) is 20.5. The van der Waals surface area contributed by atoms with E-state index in [1.165, 1.54) is 0 Å². The molecule has 36 heavy (non-hydrogen) atoms. The maximum atomic E-state index is 12.6. The zero-order valence-corrected chi connectivity index (χ0v) is 20.5. The van der Waals surface area contributed by atoms with Crippen LogP contribution in [-0.2, 0) is 9.59 Å². The number of aliphatic carboxylic acids is 2. The summed E-state index contributed by atoms with van der Waals surface area (Å²) >= 11 is 0. The number of nitriles is 1. The molecule has 0 spiro atoms. The third-order valence-electron chi connectivity index (χ3n) is 7.30. The van der Waals surface area contributed by atoms with Gasteiger partial charge in [-0.1, -0.05) is 43.2 Å². The molecule has 0 bridgehead atoms. The van der Waals surface area contributed by atoms with Crippen molar-refractivity contribution in [2.75, 3.05) is 6.54 Å². The van der Waals surface area contributed by atoms with Gasteiger partial charge in [0.1, 0.15) is 11.9 Å². The van der Waals surface area contributed by atoms with E-state index in [2.05, 4.69) is 6.07 Å². The summed E-state index contributed by atoms with van der Waals surface area (Å²) in [4.78, 5) is 26.9. The van der Waals surface area contributed by atoms with E-state index in [9.17, 15) is 25.1 Å². The number of benzene rings is 2. The Morgan fingerprint density at radius 2 is 1.61 bits per heavy atom. The number of carboxylic acid groups (broad SMARTS) is 2. The summed E-state index contributed by atoms with van der Waals surface area (Å²) in [6.07, 6.45) is 4.02. The van der Waals surface area contributed by atoms with Gasteiger partial charge in [-0.2, -0.15) is 5.26 Å². The van der Waals surface area contributed by atoms with Crippen LogP contribution in [0.25, 0.3) is 0 Å². The molecule has 4 rings (SSSR count). The highest BCUT2D eigenvalue weighted by atomic mass is 16.5. The van der Waals surface area contributed by atoms with Gasteiger partial charge < -0.3 is 19.8 Å². The molecule has 7 nitrogen and oxygen atoms in total. The molecule has 7 heteroatoms. The summed E-state index contributed by atoms with van der Waals surface area (Å²) in [6.45, 7) is 3.79. The predicted octanol–water partition coefficient (Wildman–Crippen LogP) is 5.31. The van der Waals surface area contributed by atoms with Gasteiger partial charge in [0.2, 0.25) is 0 Å². The van der Waals surface area contributed by atoms with Crippen molar-refractivity contribution in [3.05, 3.63) is 88.3 Å². The number of nitrogens with zero attached hydrogens (tertiary/aromatic N) is 2. The molecule has 0 aromatic heterocycles. The van der Waals surface area contributed by atoms with Crippen molar-refractivity contribution in [1.82, 2.24) is 4.90 Å². The minimum atomic E-state index is -1.18. The average Bonchev–Trinajstić information content (AvgIpc) is 3.40. The summed E-state index contributed by atoms with van der Waals surface area (Å²) < 4.78 is 6.41. The number of ether oxygens (including phenoxy) is 1. The molecule has 1 aliphatic heterocycles. The molecule has 2 aliphatic rings. The van der Waals surface area contributed by atoms with Crippen LogP contribution in [0.3, 0.4) is 0 Å². The monoisotopic (exact) mass is 486 g/mol. The van der Waals surface area contributed by atoms with Crippen LogP contribution >= 0.6 is 0 Å². The van der Waals surface area contributed by atoms with Gasteiger partial charge in [0.25, 0.3) is 0 Å². The zero-order chi connectivity index (χ0) is 25.8. The second kappa shape index (κ2) is 10.7. The van der Waals surface area contributed by atoms with E-state index in [4.69, 9.17) is 4.74 Å². The molecule has 1 aliphatic carbocycles. The average molecular weight is 487 g/mol. The third kappa shape index (κ3) is 4.99. The number of rotatable bonds is 8. The Kier molecular flexibility index (Phi) is 7.44. The first kappa shape index (κ1) is 25.1. The van der Waals surface area contributed by atoms with E-state index in [1.54, 1.807) is 43.0 Å². The number of para-hydroxylation sites is 1. The van der Waals surface area contributed by atoms with Gasteiger partial charge in [-0.3, -0.25) is 0 Å². The number of hydrogen-bond donors (Lipinski definition) is 2. The highest BCUT2D eigenvalue weighted by molar-refractivity contribution is 5.98. The Bertz CT molecular complexity index is 1210. The summed E-state index contributed by atoms with van der Waals surface area (Å²) in [6, 6.07) is 18.1. The summed E-state index contributed by atoms with van der Waals surface area (Å²) in [7, 11) is 0. The van der Waals surface area contributed by atoms with E-state index in [0.717, 1.165) is 31.4 Å². The van der Waals surface area contributed by atoms with E-state index in [1.807, 2.05) is 30.3 Å². The summed E-state index contributed by atoms with van der Waals surface area (Å²) in [5.74, 6) is -2.34. The normalized spacial score (nSPS) is 17.8. The molecule has 0 saturated heterocycles. The van der Waals surface area contributed by atoms with E-state index < -0.39 is 17.9 Å². The van der Waals surface area contributed by atoms with E-state index >= 15 is 0 Å². The molecule has 2 N–H and O–H groups in total. The minimum Gasteiger partial charge on any atom is -0.488 e. The second-order valence-corrected chi connectivity index (χ2v) is 9.40. The lowest BCUT2D eigenvalue weighted by Crippen LogP contribution is -2.42. The topological polar surface area (TPSA) is 111 Å². The van der Waals surface area contributed by atoms with Crippen LogP contribution in [0.5, 0.6) is 5.75 Å². The maximum absolute atomic E-state index is 12.6. The van der Waals surface area contributed by atoms with Gasteiger partial charge in [-0.25, -0.2) is 9.59 Å². The molecule has 1 heterocycles. The second-order valence-electron chi connectivity index (χ2n) is 9.40. The van der Waals surface area contributed by atoms with Gasteiger partial charge in [0.15, 0.2) is 0 Å². The predicted molar refractivity (Wildman–Crippen MR) is 134 cm³/mol. The third-order valence-corrected chi connectivity index (χ3v) is 7.30. The molecule has 1 fully saturated rings. The van der Waals surface area contributed by atoms with Crippen molar-refractivity contribution in [1.29, 1.82) is 5.26 Å². The van der Waals surface area contributed by atoms with Crippen LogP contribution in [0.15, 0.2) is 77.1 Å². The summed E-state index contributed by atoms with van der Waals surface area (Å²) in [5.41, 5.74) is 1.78. The van der Waals surface area contributed by atoms with Crippen LogP contribution in [0.1, 0.15) is 56.6 Å². The fraction of sp³-hybridized carbons (Fsp3) is 0.345. The smallest absolute Gasteiger partial charge is 0.334 e. The first-order valence-electron chi connectivity index (χ1n) is 12.2. The number of hydrogen-bond acceptors (Lipinski definition) is 5. The van der Waals surface area contributed by atoms with Crippen LogP contribution < -0.4 is 4.74 Å². The highest BCUT2D eigenvalue weighted by Crippen LogP contribution is 2.43. The van der Waals surface area contributed by atoms with Crippen molar-refractivity contribution >= 4 is 11.9 Å². The molecule has 186 valence electrons. The lowest BCUT2D eigenvalue weighted by molar-refractivity contribution is -0.133. The number of allylic oxidation sites excluding steroid dienone is 2. The van der Waals surface area contributed by atoms with Gasteiger partial charge in [0, 0.05) is 11.4 Å². The number of carbonyl (C=O) groups is 2. The van der Waals surface area contributed by atoms with Crippen molar-refractivity contribution in [3.8, 4) is 11.8 Å². The lowest BCUT2D eigenvalue weighted by atomic mass is 9.79. The van der Waals surface area contributed by atoms with Crippen molar-refractivity contribution < 1.29 is 24.5 Å². The molecule has 1 unspecified atom stereocenters. The SMILES string of the molecule is CC1=C(C(=O)O)C(c2cccc(C#N)c2)C(C(=O)O)=C(C)N1CC(Oc1ccccc1)C1CCCC1. The minimum absolute atomic E-state index is 0.00188. The van der Waals surface area contributed by atoms with Crippen LogP contribution in [0, 0.1) is 17.2 Å². The Morgan fingerprint density at radius 3 is 2.17 bits per heavy atom. The van der Waals surface area contributed by atoms with E-state index in [0.29, 0.717) is 29.1 Å². The Labute approximate surface area is 210 Å². The van der Waals surface area contributed by atoms with Crippen LogP contribution in [0.4, 0.5) is 0 Å². The molecular weight excluding hydrogens is 456 g/mol. The first-order chi connectivity index (χ1) is 17.3. The maximum Gasteiger partial charge on any atom is 0.334 e. The standard InChI is InChI=1S/C29H30N2O5/c1-18-25(28(32)33)27(22-12-8-9-20(15-22)16-30)26(29(34)35)19(2)31(18)17-24(21-10-6-7-11-21)36-23-13-4-3-5-14-23/h3-5,8-9,12-15,21,24,27H,6-7,10-11,17H2,1-2H3,(H,32,33)(H,34,35). The fourth-order valence-electron chi connectivity index (χ4n) is 5.52. The van der Waals surface area contributed by atoms with Gasteiger partial charge in [-0.15, -0.1) is 0 Å². The molecular formula is C29H30N2O5. The Morgan fingerprint density at radius 1 is 1.00 bits per heavy atom. The highest BCUT2D eigenvalue weighted by Gasteiger charge is 2.41. The van der Waals surface area contributed by atoms with Gasteiger partial charge >= 0.3 is 11.9 Å². The largest absolute Gasteiger partial charge is 0.488 e. The van der Waals surface area contributed by atoms with Crippen molar-refractivity contribution in [2.45, 2.75) is 51.6 Å². The van der Waals surface area contributed by atoms with Gasteiger partial charge in [0.05, 0.1) is 35.2 Å². The van der Waals surface area contributed by atoms with Crippen molar-refractivity contribution in [2.24, 2.45) is 5.92 Å². The Hall–Kier alpha value is -4.05. The van der Waals surface area contributed by atoms with Crippen LogP contribution in [0.2, 0.25) is 0 Å². The molecule has 0 radical (unpaired) electrons.